The van der Waals surface area contributed by atoms with Crippen LogP contribution in [0.5, 0.6) is 0 Å². The van der Waals surface area contributed by atoms with Crippen molar-refractivity contribution in [3.8, 4) is 0 Å². The summed E-state index contributed by atoms with van der Waals surface area (Å²) in [6, 6.07) is 2.04. The number of aromatic nitrogens is 5. The van der Waals surface area contributed by atoms with Gasteiger partial charge in [0.1, 0.15) is 5.82 Å². The fourth-order valence-electron chi connectivity index (χ4n) is 2.37. The minimum absolute atomic E-state index is 0.884. The molecule has 0 unspecified atom stereocenters. The van der Waals surface area contributed by atoms with Crippen LogP contribution in [0, 0.1) is 20.8 Å². The van der Waals surface area contributed by atoms with Gasteiger partial charge in [-0.25, -0.2) is 9.97 Å². The molecule has 110 valence electrons. The Hall–Kier alpha value is -2.37. The molecule has 3 heterocycles. The monoisotopic (exact) mass is 284 g/mol. The van der Waals surface area contributed by atoms with Gasteiger partial charge in [0, 0.05) is 42.8 Å². The molecule has 0 spiro atoms. The predicted octanol–water partition coefficient (Wildman–Crippen LogP) is 2.35. The van der Waals surface area contributed by atoms with Gasteiger partial charge >= 0.3 is 0 Å². The molecule has 0 aliphatic rings. The number of fused-ring (bicyclic) bond motifs is 1. The lowest BCUT2D eigenvalue weighted by atomic mass is 10.3. The quantitative estimate of drug-likeness (QED) is 0.731. The van der Waals surface area contributed by atoms with E-state index in [4.69, 9.17) is 0 Å². The molecule has 0 radical (unpaired) electrons. The van der Waals surface area contributed by atoms with Crippen molar-refractivity contribution in [1.29, 1.82) is 0 Å². The van der Waals surface area contributed by atoms with Crippen LogP contribution in [0.15, 0.2) is 24.8 Å². The topological polar surface area (TPSA) is 60.0 Å². The van der Waals surface area contributed by atoms with E-state index in [1.807, 2.05) is 37.0 Å². The molecule has 6 nitrogen and oxygen atoms in total. The van der Waals surface area contributed by atoms with Gasteiger partial charge in [0.2, 0.25) is 0 Å². The first-order valence-electron chi connectivity index (χ1n) is 7.18. The lowest BCUT2D eigenvalue weighted by Crippen LogP contribution is -2.10. The van der Waals surface area contributed by atoms with Crippen LogP contribution >= 0.6 is 0 Å². The molecule has 0 aliphatic carbocycles. The number of hydrogen-bond acceptors (Lipinski definition) is 4. The van der Waals surface area contributed by atoms with E-state index < -0.39 is 0 Å². The molecule has 3 aromatic rings. The number of imidazole rings is 1. The van der Waals surface area contributed by atoms with E-state index in [-0.39, 0.29) is 0 Å². The largest absolute Gasteiger partial charge is 0.370 e. The third-order valence-electron chi connectivity index (χ3n) is 3.64. The average Bonchev–Trinajstić information content (AvgIpc) is 3.06. The van der Waals surface area contributed by atoms with Crippen LogP contribution in [-0.4, -0.2) is 30.7 Å². The number of hydrogen-bond donors (Lipinski definition) is 1. The maximum Gasteiger partial charge on any atom is 0.160 e. The summed E-state index contributed by atoms with van der Waals surface area (Å²) < 4.78 is 3.98. The van der Waals surface area contributed by atoms with Gasteiger partial charge < -0.3 is 9.88 Å². The number of aryl methyl sites for hydroxylation is 4. The maximum atomic E-state index is 4.57. The van der Waals surface area contributed by atoms with Crippen molar-refractivity contribution in [3.05, 3.63) is 41.7 Å². The van der Waals surface area contributed by atoms with Crippen LogP contribution in [0.25, 0.3) is 5.65 Å². The molecule has 0 amide bonds. The lowest BCUT2D eigenvalue weighted by Gasteiger charge is -2.09. The Labute approximate surface area is 123 Å². The fraction of sp³-hybridized carbons (Fsp3) is 0.400. The van der Waals surface area contributed by atoms with Gasteiger partial charge in [0.25, 0.3) is 0 Å². The van der Waals surface area contributed by atoms with Crippen LogP contribution < -0.4 is 5.32 Å². The van der Waals surface area contributed by atoms with E-state index in [2.05, 4.69) is 31.9 Å². The molecule has 3 rings (SSSR count). The maximum absolute atomic E-state index is 4.57. The highest BCUT2D eigenvalue weighted by molar-refractivity contribution is 5.55. The van der Waals surface area contributed by atoms with Crippen LogP contribution in [0.4, 0.5) is 5.82 Å². The number of nitrogens with zero attached hydrogens (tertiary/aromatic N) is 5. The first-order valence-corrected chi connectivity index (χ1v) is 7.18. The molecule has 0 saturated heterocycles. The van der Waals surface area contributed by atoms with Crippen LogP contribution in [0.3, 0.4) is 0 Å². The third-order valence-corrected chi connectivity index (χ3v) is 3.64. The number of rotatable bonds is 5. The zero-order valence-corrected chi connectivity index (χ0v) is 12.7. The lowest BCUT2D eigenvalue weighted by molar-refractivity contribution is 0.659. The molecule has 1 N–H and O–H groups in total. The zero-order valence-electron chi connectivity index (χ0n) is 12.7. The van der Waals surface area contributed by atoms with E-state index in [0.717, 1.165) is 47.9 Å². The predicted molar refractivity (Wildman–Crippen MR) is 82.5 cm³/mol. The summed E-state index contributed by atoms with van der Waals surface area (Å²) in [7, 11) is 0. The molecule has 0 atom stereocenters. The third kappa shape index (κ3) is 2.74. The average molecular weight is 284 g/mol. The fourth-order valence-corrected chi connectivity index (χ4v) is 2.37. The second-order valence-electron chi connectivity index (χ2n) is 5.31. The summed E-state index contributed by atoms with van der Waals surface area (Å²) in [6.07, 6.45) is 6.65. The molecule has 0 fully saturated rings. The Morgan fingerprint density at radius 1 is 1.24 bits per heavy atom. The highest BCUT2D eigenvalue weighted by atomic mass is 15.3. The van der Waals surface area contributed by atoms with Crippen molar-refractivity contribution in [3.63, 3.8) is 0 Å². The normalized spacial score (nSPS) is 11.2. The molecular formula is C15H20N6. The van der Waals surface area contributed by atoms with Gasteiger partial charge in [0.15, 0.2) is 5.65 Å². The molecule has 0 saturated carbocycles. The summed E-state index contributed by atoms with van der Waals surface area (Å²) in [4.78, 5) is 8.62. The van der Waals surface area contributed by atoms with Crippen LogP contribution in [-0.2, 0) is 6.54 Å². The van der Waals surface area contributed by atoms with Gasteiger partial charge in [0.05, 0.1) is 12.0 Å². The van der Waals surface area contributed by atoms with Gasteiger partial charge in [-0.3, -0.25) is 0 Å². The standard InChI is InChI=1S/C15H20N6/c1-11-9-14(17-5-4-7-20-8-6-16-10-20)21-15(18-11)12(2)13(3)19-21/h6,8-10,17H,4-5,7H2,1-3H3. The van der Waals surface area contributed by atoms with Crippen molar-refractivity contribution in [2.75, 3.05) is 11.9 Å². The highest BCUT2D eigenvalue weighted by Gasteiger charge is 2.10. The Kier molecular flexibility index (Phi) is 3.60. The first-order chi connectivity index (χ1) is 10.1. The molecule has 3 aromatic heterocycles. The molecule has 6 heteroatoms. The van der Waals surface area contributed by atoms with Gasteiger partial charge in [-0.05, 0) is 27.2 Å². The van der Waals surface area contributed by atoms with Gasteiger partial charge in [-0.15, -0.1) is 0 Å². The molecular weight excluding hydrogens is 264 g/mol. The minimum atomic E-state index is 0.884. The Morgan fingerprint density at radius 3 is 2.86 bits per heavy atom. The highest BCUT2D eigenvalue weighted by Crippen LogP contribution is 2.18. The van der Waals surface area contributed by atoms with Gasteiger partial charge in [-0.1, -0.05) is 0 Å². The SMILES string of the molecule is Cc1cc(NCCCn2ccnc2)n2nc(C)c(C)c2n1. The molecule has 0 aromatic carbocycles. The van der Waals surface area contributed by atoms with Crippen molar-refractivity contribution in [1.82, 2.24) is 24.1 Å². The van der Waals surface area contributed by atoms with E-state index in [1.165, 1.54) is 0 Å². The first kappa shape index (κ1) is 13.6. The van der Waals surface area contributed by atoms with Crippen molar-refractivity contribution in [2.45, 2.75) is 33.7 Å². The molecule has 0 bridgehead atoms. The van der Waals surface area contributed by atoms with Crippen LogP contribution in [0.2, 0.25) is 0 Å². The second kappa shape index (κ2) is 5.55. The van der Waals surface area contributed by atoms with Crippen molar-refractivity contribution in [2.24, 2.45) is 0 Å². The van der Waals surface area contributed by atoms with Crippen LogP contribution in [0.1, 0.15) is 23.4 Å². The molecule has 0 aliphatic heterocycles. The van der Waals surface area contributed by atoms with Crippen molar-refractivity contribution < 1.29 is 0 Å². The van der Waals surface area contributed by atoms with E-state index >= 15 is 0 Å². The summed E-state index contributed by atoms with van der Waals surface area (Å²) >= 11 is 0. The molecule has 21 heavy (non-hydrogen) atoms. The Morgan fingerprint density at radius 2 is 2.10 bits per heavy atom. The Bertz CT molecular complexity index is 741. The van der Waals surface area contributed by atoms with Crippen molar-refractivity contribution >= 4 is 11.5 Å². The minimum Gasteiger partial charge on any atom is -0.370 e. The summed E-state index contributed by atoms with van der Waals surface area (Å²) in [5.74, 6) is 0.999. The summed E-state index contributed by atoms with van der Waals surface area (Å²) in [5.41, 5.74) is 4.10. The second-order valence-corrected chi connectivity index (χ2v) is 5.31. The van der Waals surface area contributed by atoms with E-state index in [9.17, 15) is 0 Å². The summed E-state index contributed by atoms with van der Waals surface area (Å²) in [6.45, 7) is 7.93. The van der Waals surface area contributed by atoms with E-state index in [0.29, 0.717) is 0 Å². The number of nitrogens with one attached hydrogen (secondary N) is 1. The van der Waals surface area contributed by atoms with E-state index in [1.54, 1.807) is 6.20 Å². The van der Waals surface area contributed by atoms with Gasteiger partial charge in [-0.2, -0.15) is 9.61 Å². The smallest absolute Gasteiger partial charge is 0.160 e. The summed E-state index contributed by atoms with van der Waals surface area (Å²) in [5, 5.41) is 8.02. The zero-order chi connectivity index (χ0) is 14.8. The number of anilines is 1. The Balaban J connectivity index is 1.73.